The molecule has 0 bridgehead atoms. The van der Waals surface area contributed by atoms with E-state index in [1.165, 1.54) is 0 Å². The molecule has 1 aliphatic rings. The fourth-order valence-electron chi connectivity index (χ4n) is 2.68. The van der Waals surface area contributed by atoms with E-state index in [-0.39, 0.29) is 23.1 Å². The standard InChI is InChI=1S/C19H19FO2S/c1-13-18(20)11-17(23-13)12-22-19(21)16-9-7-15(8-10-16)14-5-3-2-4-6-14/h2-10,13,17-18H,11-12H2,1H3/t13?,17-,18+/m1/s1. The highest BCUT2D eigenvalue weighted by Gasteiger charge is 2.32. The lowest BCUT2D eigenvalue weighted by Crippen LogP contribution is -2.15. The third-order valence-electron chi connectivity index (χ3n) is 4.03. The first-order valence-electron chi connectivity index (χ1n) is 7.75. The summed E-state index contributed by atoms with van der Waals surface area (Å²) < 4.78 is 18.8. The van der Waals surface area contributed by atoms with E-state index in [1.807, 2.05) is 49.4 Å². The number of carbonyl (C=O) groups is 1. The molecule has 0 radical (unpaired) electrons. The van der Waals surface area contributed by atoms with Crippen molar-refractivity contribution in [1.29, 1.82) is 0 Å². The maximum Gasteiger partial charge on any atom is 0.338 e. The fourth-order valence-corrected chi connectivity index (χ4v) is 4.01. The van der Waals surface area contributed by atoms with E-state index >= 15 is 0 Å². The van der Waals surface area contributed by atoms with E-state index in [1.54, 1.807) is 23.9 Å². The van der Waals surface area contributed by atoms with Crippen LogP contribution in [0.4, 0.5) is 4.39 Å². The topological polar surface area (TPSA) is 26.3 Å². The Morgan fingerprint density at radius 1 is 1.13 bits per heavy atom. The van der Waals surface area contributed by atoms with Crippen LogP contribution in [-0.4, -0.2) is 29.2 Å². The number of hydrogen-bond donors (Lipinski definition) is 0. The van der Waals surface area contributed by atoms with Crippen molar-refractivity contribution in [3.05, 3.63) is 60.2 Å². The molecule has 1 unspecified atom stereocenters. The van der Waals surface area contributed by atoms with Gasteiger partial charge in [0, 0.05) is 10.5 Å². The van der Waals surface area contributed by atoms with E-state index in [0.29, 0.717) is 12.0 Å². The summed E-state index contributed by atoms with van der Waals surface area (Å²) >= 11 is 1.56. The van der Waals surface area contributed by atoms with Crippen molar-refractivity contribution in [2.24, 2.45) is 0 Å². The third kappa shape index (κ3) is 3.94. The van der Waals surface area contributed by atoms with E-state index in [4.69, 9.17) is 4.74 Å². The summed E-state index contributed by atoms with van der Waals surface area (Å²) in [5, 5.41) is 0.0522. The molecule has 1 heterocycles. The molecule has 1 saturated heterocycles. The molecule has 23 heavy (non-hydrogen) atoms. The molecule has 3 atom stereocenters. The molecule has 3 rings (SSSR count). The van der Waals surface area contributed by atoms with Crippen molar-refractivity contribution in [3.63, 3.8) is 0 Å². The Morgan fingerprint density at radius 2 is 1.78 bits per heavy atom. The van der Waals surface area contributed by atoms with Crippen LogP contribution in [0.5, 0.6) is 0 Å². The van der Waals surface area contributed by atoms with E-state index in [2.05, 4.69) is 0 Å². The highest BCUT2D eigenvalue weighted by atomic mass is 32.2. The van der Waals surface area contributed by atoms with Gasteiger partial charge in [0.2, 0.25) is 0 Å². The van der Waals surface area contributed by atoms with Gasteiger partial charge in [-0.3, -0.25) is 0 Å². The second kappa shape index (κ2) is 7.18. The molecule has 2 aromatic rings. The minimum Gasteiger partial charge on any atom is -0.461 e. The van der Waals surface area contributed by atoms with Crippen LogP contribution in [0.2, 0.25) is 0 Å². The monoisotopic (exact) mass is 330 g/mol. The van der Waals surface area contributed by atoms with Crippen LogP contribution in [0.1, 0.15) is 23.7 Å². The van der Waals surface area contributed by atoms with E-state index in [9.17, 15) is 9.18 Å². The lowest BCUT2D eigenvalue weighted by atomic mass is 10.0. The minimum atomic E-state index is -0.797. The molecule has 0 spiro atoms. The van der Waals surface area contributed by atoms with Crippen molar-refractivity contribution in [3.8, 4) is 11.1 Å². The zero-order chi connectivity index (χ0) is 16.2. The molecular formula is C19H19FO2S. The van der Waals surface area contributed by atoms with Crippen LogP contribution >= 0.6 is 11.8 Å². The largest absolute Gasteiger partial charge is 0.461 e. The van der Waals surface area contributed by atoms with Gasteiger partial charge < -0.3 is 4.74 Å². The summed E-state index contributed by atoms with van der Waals surface area (Å²) in [5.41, 5.74) is 2.69. The van der Waals surface area contributed by atoms with Crippen LogP contribution in [-0.2, 0) is 4.74 Å². The summed E-state index contributed by atoms with van der Waals surface area (Å²) in [5.74, 6) is -0.347. The van der Waals surface area contributed by atoms with Gasteiger partial charge in [0.05, 0.1) is 5.56 Å². The van der Waals surface area contributed by atoms with Crippen LogP contribution in [0.25, 0.3) is 11.1 Å². The van der Waals surface area contributed by atoms with Crippen LogP contribution in [0.15, 0.2) is 54.6 Å². The number of ether oxygens (including phenoxy) is 1. The lowest BCUT2D eigenvalue weighted by molar-refractivity contribution is 0.0501. The van der Waals surface area contributed by atoms with Crippen molar-refractivity contribution in [2.75, 3.05) is 6.61 Å². The van der Waals surface area contributed by atoms with Crippen LogP contribution < -0.4 is 0 Å². The highest BCUT2D eigenvalue weighted by molar-refractivity contribution is 8.00. The zero-order valence-corrected chi connectivity index (χ0v) is 13.8. The number of carbonyl (C=O) groups excluding carboxylic acids is 1. The maximum absolute atomic E-state index is 13.5. The number of halogens is 1. The van der Waals surface area contributed by atoms with Gasteiger partial charge in [0.1, 0.15) is 12.8 Å². The Hall–Kier alpha value is -1.81. The van der Waals surface area contributed by atoms with Crippen molar-refractivity contribution in [2.45, 2.75) is 30.0 Å². The predicted octanol–water partition coefficient (Wildman–Crippen LogP) is 4.74. The molecule has 2 nitrogen and oxygen atoms in total. The highest BCUT2D eigenvalue weighted by Crippen LogP contribution is 2.35. The molecule has 4 heteroatoms. The van der Waals surface area contributed by atoms with Gasteiger partial charge in [-0.1, -0.05) is 49.4 Å². The van der Waals surface area contributed by atoms with Crippen molar-refractivity contribution < 1.29 is 13.9 Å². The lowest BCUT2D eigenvalue weighted by Gasteiger charge is -2.10. The molecule has 0 aliphatic carbocycles. The maximum atomic E-state index is 13.5. The summed E-state index contributed by atoms with van der Waals surface area (Å²) in [7, 11) is 0. The average molecular weight is 330 g/mol. The molecular weight excluding hydrogens is 311 g/mol. The quantitative estimate of drug-likeness (QED) is 0.757. The van der Waals surface area contributed by atoms with Crippen LogP contribution in [0, 0.1) is 0 Å². The Morgan fingerprint density at radius 3 is 2.39 bits per heavy atom. The number of rotatable bonds is 4. The Kier molecular flexibility index (Phi) is 5.01. The first-order chi connectivity index (χ1) is 11.1. The summed E-state index contributed by atoms with van der Waals surface area (Å²) in [4.78, 5) is 12.1. The van der Waals surface area contributed by atoms with Gasteiger partial charge in [-0.25, -0.2) is 9.18 Å². The van der Waals surface area contributed by atoms with Gasteiger partial charge in [-0.05, 0) is 29.7 Å². The Balaban J connectivity index is 1.58. The summed E-state index contributed by atoms with van der Waals surface area (Å²) in [6.07, 6.45) is -0.333. The van der Waals surface area contributed by atoms with Gasteiger partial charge in [0.15, 0.2) is 0 Å². The van der Waals surface area contributed by atoms with Crippen molar-refractivity contribution >= 4 is 17.7 Å². The second-order valence-electron chi connectivity index (χ2n) is 5.76. The van der Waals surface area contributed by atoms with E-state index < -0.39 is 6.17 Å². The first-order valence-corrected chi connectivity index (χ1v) is 8.70. The van der Waals surface area contributed by atoms with E-state index in [0.717, 1.165) is 11.1 Å². The summed E-state index contributed by atoms with van der Waals surface area (Å²) in [6, 6.07) is 17.4. The first kappa shape index (κ1) is 16.1. The predicted molar refractivity (Wildman–Crippen MR) is 92.5 cm³/mol. The fraction of sp³-hybridized carbons (Fsp3) is 0.316. The number of hydrogen-bond acceptors (Lipinski definition) is 3. The molecule has 1 aliphatic heterocycles. The van der Waals surface area contributed by atoms with Gasteiger partial charge >= 0.3 is 5.97 Å². The third-order valence-corrected chi connectivity index (χ3v) is 5.47. The number of benzene rings is 2. The normalized spacial score (nSPS) is 23.7. The molecule has 0 amide bonds. The SMILES string of the molecule is CC1S[C@@H](COC(=O)c2ccc(-c3ccccc3)cc2)C[C@@H]1F. The average Bonchev–Trinajstić information content (AvgIpc) is 2.92. The number of alkyl halides is 1. The van der Waals surface area contributed by atoms with Gasteiger partial charge in [-0.2, -0.15) is 0 Å². The second-order valence-corrected chi connectivity index (χ2v) is 7.44. The van der Waals surface area contributed by atoms with Crippen LogP contribution in [0.3, 0.4) is 0 Å². The van der Waals surface area contributed by atoms with Crippen molar-refractivity contribution in [1.82, 2.24) is 0 Å². The zero-order valence-electron chi connectivity index (χ0n) is 12.9. The summed E-state index contributed by atoms with van der Waals surface area (Å²) in [6.45, 7) is 2.15. The molecule has 2 aromatic carbocycles. The molecule has 0 N–H and O–H groups in total. The smallest absolute Gasteiger partial charge is 0.338 e. The Bertz CT molecular complexity index is 647. The minimum absolute atomic E-state index is 0.0103. The molecule has 1 fully saturated rings. The molecule has 0 aromatic heterocycles. The number of thioether (sulfide) groups is 1. The van der Waals surface area contributed by atoms with Gasteiger partial charge in [0.25, 0.3) is 0 Å². The Labute approximate surface area is 140 Å². The molecule has 120 valence electrons. The number of esters is 1. The van der Waals surface area contributed by atoms with Gasteiger partial charge in [-0.15, -0.1) is 11.8 Å². The molecule has 0 saturated carbocycles.